The van der Waals surface area contributed by atoms with Crippen LogP contribution < -0.4 is 5.32 Å². The maximum atomic E-state index is 4.38. The Morgan fingerprint density at radius 1 is 1.26 bits per heavy atom. The highest BCUT2D eigenvalue weighted by Gasteiger charge is 2.22. The first-order chi connectivity index (χ1) is 9.24. The van der Waals surface area contributed by atoms with Crippen molar-refractivity contribution >= 4 is 10.9 Å². The van der Waals surface area contributed by atoms with Gasteiger partial charge in [-0.05, 0) is 55.0 Å². The van der Waals surface area contributed by atoms with Crippen LogP contribution in [-0.2, 0) is 0 Å². The molecule has 1 N–H and O–H groups in total. The number of pyridine rings is 1. The van der Waals surface area contributed by atoms with Crippen LogP contribution in [0.2, 0.25) is 0 Å². The first kappa shape index (κ1) is 12.6. The largest absolute Gasteiger partial charge is 0.314 e. The van der Waals surface area contributed by atoms with Crippen molar-refractivity contribution in [3.8, 4) is 0 Å². The first-order valence-corrected chi connectivity index (χ1v) is 7.32. The van der Waals surface area contributed by atoms with Crippen LogP contribution in [0, 0.1) is 5.92 Å². The number of hydrogen-bond donors (Lipinski definition) is 1. The van der Waals surface area contributed by atoms with E-state index in [-0.39, 0.29) is 0 Å². The van der Waals surface area contributed by atoms with Gasteiger partial charge in [-0.15, -0.1) is 0 Å². The van der Waals surface area contributed by atoms with Crippen molar-refractivity contribution in [3.63, 3.8) is 0 Å². The van der Waals surface area contributed by atoms with Crippen molar-refractivity contribution < 1.29 is 0 Å². The van der Waals surface area contributed by atoms with E-state index in [9.17, 15) is 0 Å². The first-order valence-electron chi connectivity index (χ1n) is 7.32. The standard InChI is InChI=1S/C17H22N2/c1-12(11-19-16-6-7-16)13(2)14-5-8-17-15(10-14)4-3-9-18-17/h3-5,8-10,12-13,16,19H,6-7,11H2,1-2H3. The lowest BCUT2D eigenvalue weighted by Crippen LogP contribution is -2.26. The summed E-state index contributed by atoms with van der Waals surface area (Å²) in [5, 5.41) is 4.88. The Balaban J connectivity index is 1.73. The highest BCUT2D eigenvalue weighted by atomic mass is 14.9. The van der Waals surface area contributed by atoms with E-state index in [0.29, 0.717) is 11.8 Å². The van der Waals surface area contributed by atoms with Crippen LogP contribution in [0.4, 0.5) is 0 Å². The minimum atomic E-state index is 0.579. The molecule has 100 valence electrons. The van der Waals surface area contributed by atoms with E-state index in [1.807, 2.05) is 12.3 Å². The van der Waals surface area contributed by atoms with E-state index in [1.54, 1.807) is 0 Å². The average Bonchev–Trinajstić information content (AvgIpc) is 3.27. The van der Waals surface area contributed by atoms with Crippen LogP contribution >= 0.6 is 0 Å². The molecule has 0 amide bonds. The summed E-state index contributed by atoms with van der Waals surface area (Å²) in [5.41, 5.74) is 2.51. The molecule has 1 aromatic carbocycles. The number of fused-ring (bicyclic) bond motifs is 1. The van der Waals surface area contributed by atoms with E-state index in [1.165, 1.54) is 23.8 Å². The zero-order valence-corrected chi connectivity index (χ0v) is 11.8. The third-order valence-corrected chi connectivity index (χ3v) is 4.31. The molecule has 2 heteroatoms. The Morgan fingerprint density at radius 2 is 2.11 bits per heavy atom. The van der Waals surface area contributed by atoms with E-state index >= 15 is 0 Å². The summed E-state index contributed by atoms with van der Waals surface area (Å²) in [6.45, 7) is 5.79. The van der Waals surface area contributed by atoms with Gasteiger partial charge in [0.25, 0.3) is 0 Å². The molecule has 19 heavy (non-hydrogen) atoms. The van der Waals surface area contributed by atoms with Crippen LogP contribution in [0.3, 0.4) is 0 Å². The van der Waals surface area contributed by atoms with Gasteiger partial charge < -0.3 is 5.32 Å². The molecular formula is C17H22N2. The molecule has 1 aliphatic rings. The van der Waals surface area contributed by atoms with Crippen molar-refractivity contribution in [1.29, 1.82) is 0 Å². The highest BCUT2D eigenvalue weighted by Crippen LogP contribution is 2.27. The van der Waals surface area contributed by atoms with Gasteiger partial charge in [-0.3, -0.25) is 4.98 Å². The molecule has 1 heterocycles. The van der Waals surface area contributed by atoms with Crippen LogP contribution in [0.5, 0.6) is 0 Å². The monoisotopic (exact) mass is 254 g/mol. The van der Waals surface area contributed by atoms with Gasteiger partial charge in [0.15, 0.2) is 0 Å². The molecular weight excluding hydrogens is 232 g/mol. The molecule has 0 spiro atoms. The van der Waals surface area contributed by atoms with Crippen molar-refractivity contribution in [2.24, 2.45) is 5.92 Å². The van der Waals surface area contributed by atoms with Crippen molar-refractivity contribution in [2.75, 3.05) is 6.54 Å². The summed E-state index contributed by atoms with van der Waals surface area (Å²) in [4.78, 5) is 4.38. The fourth-order valence-electron chi connectivity index (χ4n) is 2.52. The van der Waals surface area contributed by atoms with Crippen molar-refractivity contribution in [2.45, 2.75) is 38.6 Å². The van der Waals surface area contributed by atoms with Gasteiger partial charge in [0, 0.05) is 17.6 Å². The minimum Gasteiger partial charge on any atom is -0.314 e. The fraction of sp³-hybridized carbons (Fsp3) is 0.471. The predicted molar refractivity (Wildman–Crippen MR) is 80.3 cm³/mol. The van der Waals surface area contributed by atoms with Gasteiger partial charge in [0.05, 0.1) is 5.52 Å². The molecule has 3 rings (SSSR count). The number of rotatable bonds is 5. The fourth-order valence-corrected chi connectivity index (χ4v) is 2.52. The van der Waals surface area contributed by atoms with Gasteiger partial charge in [0.1, 0.15) is 0 Å². The number of aromatic nitrogens is 1. The van der Waals surface area contributed by atoms with Gasteiger partial charge in [-0.1, -0.05) is 26.0 Å². The SMILES string of the molecule is CC(CNC1CC1)C(C)c1ccc2ncccc2c1. The van der Waals surface area contributed by atoms with Gasteiger partial charge in [-0.2, -0.15) is 0 Å². The zero-order chi connectivity index (χ0) is 13.2. The lowest BCUT2D eigenvalue weighted by Gasteiger charge is -2.21. The van der Waals surface area contributed by atoms with Crippen molar-refractivity contribution in [3.05, 3.63) is 42.1 Å². The lowest BCUT2D eigenvalue weighted by molar-refractivity contribution is 0.446. The Bertz CT molecular complexity index is 560. The highest BCUT2D eigenvalue weighted by molar-refractivity contribution is 5.79. The summed E-state index contributed by atoms with van der Waals surface area (Å²) < 4.78 is 0. The van der Waals surface area contributed by atoms with E-state index < -0.39 is 0 Å². The van der Waals surface area contributed by atoms with Crippen molar-refractivity contribution in [1.82, 2.24) is 10.3 Å². The summed E-state index contributed by atoms with van der Waals surface area (Å²) in [7, 11) is 0. The third-order valence-electron chi connectivity index (χ3n) is 4.31. The van der Waals surface area contributed by atoms with Crippen LogP contribution in [0.1, 0.15) is 38.2 Å². The van der Waals surface area contributed by atoms with Crippen LogP contribution in [-0.4, -0.2) is 17.6 Å². The van der Waals surface area contributed by atoms with Gasteiger partial charge >= 0.3 is 0 Å². The average molecular weight is 254 g/mol. The second-order valence-electron chi connectivity index (χ2n) is 5.90. The molecule has 0 bridgehead atoms. The Kier molecular flexibility index (Phi) is 3.52. The summed E-state index contributed by atoms with van der Waals surface area (Å²) in [6.07, 6.45) is 4.58. The smallest absolute Gasteiger partial charge is 0.0702 e. The lowest BCUT2D eigenvalue weighted by atomic mass is 9.88. The third kappa shape index (κ3) is 2.95. The van der Waals surface area contributed by atoms with Crippen LogP contribution in [0.15, 0.2) is 36.5 Å². The molecule has 1 fully saturated rings. The summed E-state index contributed by atoms with van der Waals surface area (Å²) >= 11 is 0. The molecule has 2 unspecified atom stereocenters. The molecule has 0 radical (unpaired) electrons. The topological polar surface area (TPSA) is 24.9 Å². The number of hydrogen-bond acceptors (Lipinski definition) is 2. The Hall–Kier alpha value is -1.41. The Labute approximate surface area is 115 Å². The molecule has 1 saturated carbocycles. The molecule has 0 aliphatic heterocycles. The maximum Gasteiger partial charge on any atom is 0.0702 e. The zero-order valence-electron chi connectivity index (χ0n) is 11.8. The van der Waals surface area contributed by atoms with Gasteiger partial charge in [-0.25, -0.2) is 0 Å². The number of benzene rings is 1. The maximum absolute atomic E-state index is 4.38. The second-order valence-corrected chi connectivity index (χ2v) is 5.90. The summed E-state index contributed by atoms with van der Waals surface area (Å²) in [5.74, 6) is 1.24. The van der Waals surface area contributed by atoms with E-state index in [4.69, 9.17) is 0 Å². The summed E-state index contributed by atoms with van der Waals surface area (Å²) in [6, 6.07) is 11.6. The second kappa shape index (κ2) is 5.30. The molecule has 2 nitrogen and oxygen atoms in total. The molecule has 1 aliphatic carbocycles. The Morgan fingerprint density at radius 3 is 2.89 bits per heavy atom. The van der Waals surface area contributed by atoms with Crippen LogP contribution in [0.25, 0.3) is 10.9 Å². The molecule has 0 saturated heterocycles. The number of nitrogens with one attached hydrogen (secondary N) is 1. The van der Waals surface area contributed by atoms with Gasteiger partial charge in [0.2, 0.25) is 0 Å². The molecule has 2 aromatic rings. The minimum absolute atomic E-state index is 0.579. The number of nitrogens with zero attached hydrogens (tertiary/aromatic N) is 1. The molecule has 2 atom stereocenters. The quantitative estimate of drug-likeness (QED) is 0.879. The molecule has 1 aromatic heterocycles. The van der Waals surface area contributed by atoms with E-state index in [0.717, 1.165) is 18.1 Å². The normalized spacial score (nSPS) is 18.4. The van der Waals surface area contributed by atoms with E-state index in [2.05, 4.69) is 48.4 Å². The predicted octanol–water partition coefficient (Wildman–Crippen LogP) is 3.73.